The summed E-state index contributed by atoms with van der Waals surface area (Å²) in [6.45, 7) is 2.75. The Bertz CT molecular complexity index is 913. The fraction of sp³-hybridized carbons (Fsp3) is 0.286. The van der Waals surface area contributed by atoms with Crippen molar-refractivity contribution >= 4 is 16.7 Å². The summed E-state index contributed by atoms with van der Waals surface area (Å²) < 4.78 is 5.28. The minimum atomic E-state index is 0.179. The third kappa shape index (κ3) is 3.17. The first-order valence-corrected chi connectivity index (χ1v) is 8.72. The molecule has 4 rings (SSSR count). The monoisotopic (exact) mass is 334 g/mol. The molecule has 1 aliphatic rings. The predicted molar refractivity (Wildman–Crippen MR) is 99.2 cm³/mol. The van der Waals surface area contributed by atoms with Crippen molar-refractivity contribution in [3.63, 3.8) is 0 Å². The summed E-state index contributed by atoms with van der Waals surface area (Å²) in [5.41, 5.74) is 4.55. The van der Waals surface area contributed by atoms with Gasteiger partial charge in [0, 0.05) is 48.7 Å². The maximum atomic E-state index is 12.7. The van der Waals surface area contributed by atoms with E-state index in [1.807, 2.05) is 24.4 Å². The summed E-state index contributed by atoms with van der Waals surface area (Å²) in [7, 11) is 1.64. The normalized spacial score (nSPS) is 14.4. The highest BCUT2D eigenvalue weighted by atomic mass is 16.5. The average Bonchev–Trinajstić information content (AvgIpc) is 3.09. The number of nitrogens with zero attached hydrogens (tertiary/aromatic N) is 1. The molecule has 2 aromatic carbocycles. The van der Waals surface area contributed by atoms with E-state index >= 15 is 0 Å². The molecule has 1 N–H and O–H groups in total. The number of hydrogen-bond donors (Lipinski definition) is 1. The number of nitrogens with one attached hydrogen (secondary N) is 1. The van der Waals surface area contributed by atoms with Gasteiger partial charge in [-0.3, -0.25) is 9.69 Å². The van der Waals surface area contributed by atoms with Crippen molar-refractivity contribution in [2.45, 2.75) is 19.4 Å². The number of aromatic amines is 1. The van der Waals surface area contributed by atoms with E-state index in [4.69, 9.17) is 4.74 Å². The summed E-state index contributed by atoms with van der Waals surface area (Å²) in [6, 6.07) is 14.4. The van der Waals surface area contributed by atoms with Gasteiger partial charge in [0.2, 0.25) is 0 Å². The van der Waals surface area contributed by atoms with Crippen molar-refractivity contribution < 1.29 is 9.53 Å². The molecule has 0 atom stereocenters. The number of hydrogen-bond acceptors (Lipinski definition) is 3. The number of benzene rings is 2. The lowest BCUT2D eigenvalue weighted by Gasteiger charge is -2.28. The summed E-state index contributed by atoms with van der Waals surface area (Å²) in [6.07, 6.45) is 3.42. The lowest BCUT2D eigenvalue weighted by molar-refractivity contribution is 0.0962. The van der Waals surface area contributed by atoms with E-state index in [0.29, 0.717) is 6.42 Å². The molecule has 25 heavy (non-hydrogen) atoms. The van der Waals surface area contributed by atoms with Crippen molar-refractivity contribution in [3.8, 4) is 5.75 Å². The van der Waals surface area contributed by atoms with Gasteiger partial charge in [-0.2, -0.15) is 0 Å². The van der Waals surface area contributed by atoms with Crippen molar-refractivity contribution in [1.82, 2.24) is 9.88 Å². The average molecular weight is 334 g/mol. The molecule has 4 heteroatoms. The highest BCUT2D eigenvalue weighted by Crippen LogP contribution is 2.25. The van der Waals surface area contributed by atoms with Gasteiger partial charge >= 0.3 is 0 Å². The van der Waals surface area contributed by atoms with Crippen LogP contribution in [0.2, 0.25) is 0 Å². The second-order valence-corrected chi connectivity index (χ2v) is 6.58. The van der Waals surface area contributed by atoms with E-state index in [1.165, 1.54) is 11.1 Å². The zero-order valence-corrected chi connectivity index (χ0v) is 14.4. The largest absolute Gasteiger partial charge is 0.497 e. The molecule has 0 radical (unpaired) electrons. The van der Waals surface area contributed by atoms with Crippen LogP contribution in [0.1, 0.15) is 27.9 Å². The smallest absolute Gasteiger partial charge is 0.166 e. The number of Topliss-reactive ketones (excluding diaryl/α,β-unsaturated/α-hetero) is 1. The molecule has 2 heterocycles. The lowest BCUT2D eigenvalue weighted by atomic mass is 9.99. The second-order valence-electron chi connectivity index (χ2n) is 6.58. The molecule has 0 fully saturated rings. The van der Waals surface area contributed by atoms with Crippen LogP contribution in [0.3, 0.4) is 0 Å². The van der Waals surface area contributed by atoms with Gasteiger partial charge in [0.15, 0.2) is 5.78 Å². The van der Waals surface area contributed by atoms with Crippen molar-refractivity contribution in [2.24, 2.45) is 0 Å². The van der Waals surface area contributed by atoms with E-state index < -0.39 is 0 Å². The lowest BCUT2D eigenvalue weighted by Crippen LogP contribution is -2.32. The molecule has 0 saturated carbocycles. The molecule has 0 amide bonds. The highest BCUT2D eigenvalue weighted by molar-refractivity contribution is 6.08. The molecule has 0 spiro atoms. The Balaban J connectivity index is 1.45. The molecular formula is C21H22N2O2. The van der Waals surface area contributed by atoms with E-state index in [0.717, 1.165) is 48.3 Å². The van der Waals surface area contributed by atoms with Crippen LogP contribution in [-0.2, 0) is 13.0 Å². The molecular weight excluding hydrogens is 312 g/mol. The third-order valence-corrected chi connectivity index (χ3v) is 5.05. The minimum absolute atomic E-state index is 0.179. The molecule has 0 unspecified atom stereocenters. The van der Waals surface area contributed by atoms with Crippen LogP contribution in [-0.4, -0.2) is 35.9 Å². The first-order chi connectivity index (χ1) is 12.2. The van der Waals surface area contributed by atoms with Gasteiger partial charge in [-0.05, 0) is 35.7 Å². The number of aromatic nitrogens is 1. The fourth-order valence-electron chi connectivity index (χ4n) is 3.60. The SMILES string of the molecule is COc1ccc2[nH]cc(C(=O)CCN3CCc4ccccc4C3)c2c1. The zero-order chi connectivity index (χ0) is 17.2. The number of carbonyl (C=O) groups excluding carboxylic acids is 1. The van der Waals surface area contributed by atoms with Crippen LogP contribution < -0.4 is 4.74 Å². The van der Waals surface area contributed by atoms with Gasteiger partial charge in [-0.25, -0.2) is 0 Å². The van der Waals surface area contributed by atoms with E-state index in [2.05, 4.69) is 34.1 Å². The standard InChI is InChI=1S/C21H22N2O2/c1-25-17-6-7-20-18(12-17)19(13-22-20)21(24)9-11-23-10-8-15-4-2-3-5-16(15)14-23/h2-7,12-13,22H,8-11,14H2,1H3. The van der Waals surface area contributed by atoms with Crippen LogP contribution in [0.5, 0.6) is 5.75 Å². The Hall–Kier alpha value is -2.59. The second kappa shape index (κ2) is 6.73. The Labute approximate surface area is 147 Å². The maximum Gasteiger partial charge on any atom is 0.166 e. The fourth-order valence-corrected chi connectivity index (χ4v) is 3.60. The van der Waals surface area contributed by atoms with Gasteiger partial charge in [-0.1, -0.05) is 24.3 Å². The number of carbonyl (C=O) groups is 1. The summed E-state index contributed by atoms with van der Waals surface area (Å²) >= 11 is 0. The van der Waals surface area contributed by atoms with Crippen LogP contribution in [0.4, 0.5) is 0 Å². The number of fused-ring (bicyclic) bond motifs is 2. The van der Waals surface area contributed by atoms with Gasteiger partial charge in [0.05, 0.1) is 7.11 Å². The summed E-state index contributed by atoms with van der Waals surface area (Å²) in [4.78, 5) is 18.3. The van der Waals surface area contributed by atoms with Gasteiger partial charge in [0.25, 0.3) is 0 Å². The van der Waals surface area contributed by atoms with E-state index in [-0.39, 0.29) is 5.78 Å². The summed E-state index contributed by atoms with van der Waals surface area (Å²) in [5, 5.41) is 0.938. The van der Waals surface area contributed by atoms with Crippen molar-refractivity contribution in [2.75, 3.05) is 20.2 Å². The topological polar surface area (TPSA) is 45.3 Å². The molecule has 3 aromatic rings. The quantitative estimate of drug-likeness (QED) is 0.722. The van der Waals surface area contributed by atoms with Crippen molar-refractivity contribution in [1.29, 1.82) is 0 Å². The number of methoxy groups -OCH3 is 1. The number of ketones is 1. The first kappa shape index (κ1) is 15.9. The van der Waals surface area contributed by atoms with Gasteiger partial charge < -0.3 is 9.72 Å². The van der Waals surface area contributed by atoms with Gasteiger partial charge in [0.1, 0.15) is 5.75 Å². The van der Waals surface area contributed by atoms with E-state index in [1.54, 1.807) is 7.11 Å². The Morgan fingerprint density at radius 1 is 1.20 bits per heavy atom. The molecule has 0 aliphatic carbocycles. The Morgan fingerprint density at radius 2 is 2.04 bits per heavy atom. The summed E-state index contributed by atoms with van der Waals surface area (Å²) in [5.74, 6) is 0.951. The number of rotatable bonds is 5. The molecule has 1 aromatic heterocycles. The molecule has 128 valence electrons. The van der Waals surface area contributed by atoms with Crippen LogP contribution >= 0.6 is 0 Å². The molecule has 1 aliphatic heterocycles. The number of ether oxygens (including phenoxy) is 1. The van der Waals surface area contributed by atoms with Gasteiger partial charge in [-0.15, -0.1) is 0 Å². The Morgan fingerprint density at radius 3 is 2.88 bits per heavy atom. The van der Waals surface area contributed by atoms with Crippen LogP contribution in [0, 0.1) is 0 Å². The first-order valence-electron chi connectivity index (χ1n) is 8.72. The van der Waals surface area contributed by atoms with E-state index in [9.17, 15) is 4.79 Å². The van der Waals surface area contributed by atoms with Crippen molar-refractivity contribution in [3.05, 3.63) is 65.4 Å². The third-order valence-electron chi connectivity index (χ3n) is 5.05. The maximum absolute atomic E-state index is 12.7. The molecule has 4 nitrogen and oxygen atoms in total. The predicted octanol–water partition coefficient (Wildman–Crippen LogP) is 3.81. The molecule has 0 bridgehead atoms. The van der Waals surface area contributed by atoms with Crippen LogP contribution in [0.15, 0.2) is 48.7 Å². The molecule has 0 saturated heterocycles. The minimum Gasteiger partial charge on any atom is -0.497 e. The Kier molecular flexibility index (Phi) is 4.28. The number of H-pyrrole nitrogens is 1. The van der Waals surface area contributed by atoms with Crippen LogP contribution in [0.25, 0.3) is 10.9 Å². The zero-order valence-electron chi connectivity index (χ0n) is 14.4. The highest BCUT2D eigenvalue weighted by Gasteiger charge is 2.18.